The van der Waals surface area contributed by atoms with E-state index >= 15 is 0 Å². The number of benzene rings is 1. The molecule has 21 heavy (non-hydrogen) atoms. The van der Waals surface area contributed by atoms with Gasteiger partial charge in [0.2, 0.25) is 0 Å². The summed E-state index contributed by atoms with van der Waals surface area (Å²) in [6.45, 7) is 5.94. The summed E-state index contributed by atoms with van der Waals surface area (Å²) in [7, 11) is 0. The Balaban J connectivity index is 2.56. The van der Waals surface area contributed by atoms with E-state index < -0.39 is 17.9 Å². The Morgan fingerprint density at radius 2 is 1.76 bits per heavy atom. The van der Waals surface area contributed by atoms with Crippen LogP contribution in [0, 0.1) is 5.92 Å². The van der Waals surface area contributed by atoms with E-state index in [9.17, 15) is 9.59 Å². The Bertz CT molecular complexity index is 441. The van der Waals surface area contributed by atoms with Gasteiger partial charge in [0.25, 0.3) is 0 Å². The van der Waals surface area contributed by atoms with Crippen LogP contribution >= 0.6 is 0 Å². The number of esters is 2. The van der Waals surface area contributed by atoms with Crippen molar-refractivity contribution in [3.05, 3.63) is 35.9 Å². The van der Waals surface area contributed by atoms with Crippen LogP contribution in [-0.4, -0.2) is 18.5 Å². The first kappa shape index (κ1) is 17.2. The SMILES string of the molecule is CCCCOC(=O)C(CC)C(=O)OC(C)c1ccccc1. The standard InChI is InChI=1S/C17H24O4/c1-4-6-12-20-16(18)15(5-2)17(19)21-13(3)14-10-8-7-9-11-14/h7-11,13,15H,4-6,12H2,1-3H3. The number of carbonyl (C=O) groups is 2. The molecule has 0 spiro atoms. The molecule has 0 N–H and O–H groups in total. The average Bonchev–Trinajstić information content (AvgIpc) is 2.49. The molecule has 0 aliphatic rings. The lowest BCUT2D eigenvalue weighted by Gasteiger charge is -2.18. The lowest BCUT2D eigenvalue weighted by atomic mass is 10.1. The van der Waals surface area contributed by atoms with E-state index in [2.05, 4.69) is 0 Å². The van der Waals surface area contributed by atoms with Crippen molar-refractivity contribution in [2.45, 2.75) is 46.1 Å². The molecular formula is C17H24O4. The molecular weight excluding hydrogens is 268 g/mol. The minimum absolute atomic E-state index is 0.355. The van der Waals surface area contributed by atoms with Crippen molar-refractivity contribution in [3.8, 4) is 0 Å². The van der Waals surface area contributed by atoms with Crippen LogP contribution in [0.15, 0.2) is 30.3 Å². The second kappa shape index (κ2) is 9.16. The maximum absolute atomic E-state index is 12.1. The van der Waals surface area contributed by atoms with Crippen LogP contribution < -0.4 is 0 Å². The summed E-state index contributed by atoms with van der Waals surface area (Å²) in [6.07, 6.45) is 1.75. The molecule has 4 nitrogen and oxygen atoms in total. The van der Waals surface area contributed by atoms with Gasteiger partial charge in [-0.2, -0.15) is 0 Å². The summed E-state index contributed by atoms with van der Waals surface area (Å²) in [5.74, 6) is -1.85. The molecule has 0 heterocycles. The van der Waals surface area contributed by atoms with Gasteiger partial charge in [0.05, 0.1) is 6.61 Å². The van der Waals surface area contributed by atoms with Crippen molar-refractivity contribution in [3.63, 3.8) is 0 Å². The number of rotatable bonds is 8. The van der Waals surface area contributed by atoms with Crippen LogP contribution in [0.5, 0.6) is 0 Å². The zero-order valence-corrected chi connectivity index (χ0v) is 13.0. The van der Waals surface area contributed by atoms with E-state index in [1.807, 2.05) is 37.3 Å². The van der Waals surface area contributed by atoms with Crippen molar-refractivity contribution < 1.29 is 19.1 Å². The van der Waals surface area contributed by atoms with Crippen LogP contribution in [0.2, 0.25) is 0 Å². The number of hydrogen-bond acceptors (Lipinski definition) is 4. The van der Waals surface area contributed by atoms with Crippen LogP contribution in [0.25, 0.3) is 0 Å². The zero-order chi connectivity index (χ0) is 15.7. The average molecular weight is 292 g/mol. The highest BCUT2D eigenvalue weighted by molar-refractivity contribution is 5.94. The van der Waals surface area contributed by atoms with Crippen molar-refractivity contribution >= 4 is 11.9 Å². The molecule has 0 saturated carbocycles. The van der Waals surface area contributed by atoms with Gasteiger partial charge in [0, 0.05) is 0 Å². The van der Waals surface area contributed by atoms with Gasteiger partial charge >= 0.3 is 11.9 Å². The highest BCUT2D eigenvalue weighted by Gasteiger charge is 2.29. The fraction of sp³-hybridized carbons (Fsp3) is 0.529. The van der Waals surface area contributed by atoms with Crippen LogP contribution in [-0.2, 0) is 19.1 Å². The molecule has 0 radical (unpaired) electrons. The Kier molecular flexibility index (Phi) is 7.51. The van der Waals surface area contributed by atoms with Crippen LogP contribution in [0.3, 0.4) is 0 Å². The van der Waals surface area contributed by atoms with E-state index in [1.54, 1.807) is 13.8 Å². The number of carbonyl (C=O) groups excluding carboxylic acids is 2. The summed E-state index contributed by atoms with van der Waals surface area (Å²) in [5.41, 5.74) is 0.903. The molecule has 1 aromatic rings. The fourth-order valence-electron chi connectivity index (χ4n) is 1.90. The lowest BCUT2D eigenvalue weighted by molar-refractivity contribution is -0.165. The molecule has 1 rings (SSSR count). The molecule has 1 aromatic carbocycles. The summed E-state index contributed by atoms with van der Waals surface area (Å²) in [5, 5.41) is 0. The minimum atomic E-state index is -0.840. The molecule has 2 atom stereocenters. The Morgan fingerprint density at radius 3 is 2.33 bits per heavy atom. The summed E-state index contributed by atoms with van der Waals surface area (Å²) in [4.78, 5) is 24.0. The quantitative estimate of drug-likeness (QED) is 0.417. The Hall–Kier alpha value is -1.84. The predicted molar refractivity (Wildman–Crippen MR) is 80.6 cm³/mol. The van der Waals surface area contributed by atoms with Gasteiger partial charge in [-0.25, -0.2) is 0 Å². The summed E-state index contributed by atoms with van der Waals surface area (Å²) >= 11 is 0. The summed E-state index contributed by atoms with van der Waals surface area (Å²) in [6, 6.07) is 9.45. The van der Waals surface area contributed by atoms with Gasteiger partial charge in [0.1, 0.15) is 6.10 Å². The molecule has 0 saturated heterocycles. The summed E-state index contributed by atoms with van der Waals surface area (Å²) < 4.78 is 10.5. The third kappa shape index (κ3) is 5.58. The number of ether oxygens (including phenoxy) is 2. The molecule has 4 heteroatoms. The van der Waals surface area contributed by atoms with Crippen molar-refractivity contribution in [1.82, 2.24) is 0 Å². The largest absolute Gasteiger partial charge is 0.465 e. The fourth-order valence-corrected chi connectivity index (χ4v) is 1.90. The molecule has 0 amide bonds. The van der Waals surface area contributed by atoms with Crippen molar-refractivity contribution in [2.75, 3.05) is 6.61 Å². The normalized spacial score (nSPS) is 13.3. The molecule has 0 fully saturated rings. The third-order valence-electron chi connectivity index (χ3n) is 3.28. The van der Waals surface area contributed by atoms with Crippen molar-refractivity contribution in [1.29, 1.82) is 0 Å². The zero-order valence-electron chi connectivity index (χ0n) is 13.0. The molecule has 0 aromatic heterocycles. The highest BCUT2D eigenvalue weighted by atomic mass is 16.6. The first-order valence-corrected chi connectivity index (χ1v) is 7.52. The minimum Gasteiger partial charge on any atom is -0.465 e. The van der Waals surface area contributed by atoms with Gasteiger partial charge in [-0.3, -0.25) is 9.59 Å². The second-order valence-electron chi connectivity index (χ2n) is 4.97. The first-order chi connectivity index (χ1) is 10.1. The number of hydrogen-bond donors (Lipinski definition) is 0. The van der Waals surface area contributed by atoms with Gasteiger partial charge < -0.3 is 9.47 Å². The third-order valence-corrected chi connectivity index (χ3v) is 3.28. The molecule has 0 bridgehead atoms. The first-order valence-electron chi connectivity index (χ1n) is 7.52. The Labute approximate surface area is 126 Å². The van der Waals surface area contributed by atoms with Crippen LogP contribution in [0.4, 0.5) is 0 Å². The van der Waals surface area contributed by atoms with Gasteiger partial charge in [-0.15, -0.1) is 0 Å². The predicted octanol–water partition coefficient (Wildman–Crippen LogP) is 3.66. The molecule has 116 valence electrons. The topological polar surface area (TPSA) is 52.6 Å². The lowest BCUT2D eigenvalue weighted by Crippen LogP contribution is -2.28. The molecule has 0 aliphatic heterocycles. The van der Waals surface area contributed by atoms with Gasteiger partial charge in [-0.1, -0.05) is 50.6 Å². The molecule has 2 unspecified atom stereocenters. The van der Waals surface area contributed by atoms with E-state index in [-0.39, 0.29) is 6.10 Å². The van der Waals surface area contributed by atoms with E-state index in [1.165, 1.54) is 0 Å². The highest BCUT2D eigenvalue weighted by Crippen LogP contribution is 2.19. The van der Waals surface area contributed by atoms with E-state index in [4.69, 9.17) is 9.47 Å². The van der Waals surface area contributed by atoms with Gasteiger partial charge in [-0.05, 0) is 25.3 Å². The maximum atomic E-state index is 12.1. The Morgan fingerprint density at radius 1 is 1.10 bits per heavy atom. The van der Waals surface area contributed by atoms with Gasteiger partial charge in [0.15, 0.2) is 5.92 Å². The monoisotopic (exact) mass is 292 g/mol. The van der Waals surface area contributed by atoms with Crippen molar-refractivity contribution in [2.24, 2.45) is 5.92 Å². The van der Waals surface area contributed by atoms with E-state index in [0.29, 0.717) is 13.0 Å². The van der Waals surface area contributed by atoms with Crippen LogP contribution in [0.1, 0.15) is 51.7 Å². The second-order valence-corrected chi connectivity index (χ2v) is 4.97. The molecule has 0 aliphatic carbocycles. The smallest absolute Gasteiger partial charge is 0.320 e. The van der Waals surface area contributed by atoms with E-state index in [0.717, 1.165) is 18.4 Å². The number of unbranched alkanes of at least 4 members (excludes halogenated alkanes) is 1. The maximum Gasteiger partial charge on any atom is 0.320 e.